The second-order valence-corrected chi connectivity index (χ2v) is 5.54. The van der Waals surface area contributed by atoms with Gasteiger partial charge in [0.2, 0.25) is 0 Å². The van der Waals surface area contributed by atoms with Gasteiger partial charge in [0, 0.05) is 25.9 Å². The molecule has 2 N–H and O–H groups in total. The van der Waals surface area contributed by atoms with E-state index in [1.54, 1.807) is 19.2 Å². The summed E-state index contributed by atoms with van der Waals surface area (Å²) in [5.74, 6) is -0.189. The van der Waals surface area contributed by atoms with E-state index in [4.69, 9.17) is 10.5 Å². The lowest BCUT2D eigenvalue weighted by Crippen LogP contribution is -2.47. The Labute approximate surface area is 114 Å². The van der Waals surface area contributed by atoms with Crippen molar-refractivity contribution < 1.29 is 9.13 Å². The van der Waals surface area contributed by atoms with Crippen molar-refractivity contribution in [3.63, 3.8) is 0 Å². The lowest BCUT2D eigenvalue weighted by atomic mass is 9.94. The molecule has 1 aliphatic rings. The summed E-state index contributed by atoms with van der Waals surface area (Å²) in [6, 6.07) is 5.20. The lowest BCUT2D eigenvalue weighted by molar-refractivity contribution is -0.00466. The number of nitrogens with zero attached hydrogens (tertiary/aromatic N) is 1. The van der Waals surface area contributed by atoms with E-state index in [1.165, 1.54) is 0 Å². The van der Waals surface area contributed by atoms with Gasteiger partial charge in [0.1, 0.15) is 5.82 Å². The number of methoxy groups -OCH3 is 1. The average Bonchev–Trinajstić information content (AvgIpc) is 2.38. The molecule has 3 nitrogen and oxygen atoms in total. The molecule has 1 heterocycles. The fourth-order valence-corrected chi connectivity index (χ4v) is 2.72. The summed E-state index contributed by atoms with van der Waals surface area (Å²) < 4.78 is 19.3. The Morgan fingerprint density at radius 3 is 2.89 bits per heavy atom. The highest BCUT2D eigenvalue weighted by Gasteiger charge is 2.31. The Hall–Kier alpha value is -1.13. The highest BCUT2D eigenvalue weighted by molar-refractivity contribution is 5.50. The van der Waals surface area contributed by atoms with E-state index in [-0.39, 0.29) is 11.4 Å². The van der Waals surface area contributed by atoms with Crippen LogP contribution in [0.2, 0.25) is 0 Å². The Kier molecular flexibility index (Phi) is 4.42. The molecule has 1 aromatic carbocycles. The predicted molar refractivity (Wildman–Crippen MR) is 76.0 cm³/mol. The molecule has 1 fully saturated rings. The fraction of sp³-hybridized carbons (Fsp3) is 0.600. The van der Waals surface area contributed by atoms with Gasteiger partial charge in [-0.1, -0.05) is 0 Å². The zero-order chi connectivity index (χ0) is 13.9. The number of hydrogen-bond acceptors (Lipinski definition) is 3. The van der Waals surface area contributed by atoms with Gasteiger partial charge in [0.25, 0.3) is 0 Å². The third kappa shape index (κ3) is 3.45. The molecule has 4 heteroatoms. The van der Waals surface area contributed by atoms with Gasteiger partial charge >= 0.3 is 0 Å². The van der Waals surface area contributed by atoms with Gasteiger partial charge in [-0.3, -0.25) is 0 Å². The third-order valence-corrected chi connectivity index (χ3v) is 3.89. The molecule has 0 aromatic heterocycles. The molecule has 0 saturated carbocycles. The van der Waals surface area contributed by atoms with E-state index < -0.39 is 0 Å². The minimum atomic E-state index is -0.189. The SMILES string of the molecule is COC1(C)CCCN(c2cc(F)cc(CCN)c2)C1. The second kappa shape index (κ2) is 5.88. The maximum absolute atomic E-state index is 13.7. The van der Waals surface area contributed by atoms with Crippen molar-refractivity contribution in [1.82, 2.24) is 0 Å². The molecule has 0 bridgehead atoms. The van der Waals surface area contributed by atoms with Crippen molar-refractivity contribution in [2.45, 2.75) is 31.8 Å². The molecule has 1 saturated heterocycles. The minimum Gasteiger partial charge on any atom is -0.377 e. The van der Waals surface area contributed by atoms with Crippen LogP contribution in [0.4, 0.5) is 10.1 Å². The fourth-order valence-electron chi connectivity index (χ4n) is 2.72. The maximum Gasteiger partial charge on any atom is 0.125 e. The zero-order valence-electron chi connectivity index (χ0n) is 11.8. The van der Waals surface area contributed by atoms with Crippen LogP contribution >= 0.6 is 0 Å². The van der Waals surface area contributed by atoms with Crippen molar-refractivity contribution in [3.8, 4) is 0 Å². The first kappa shape index (κ1) is 14.3. The smallest absolute Gasteiger partial charge is 0.125 e. The Morgan fingerprint density at radius 1 is 1.42 bits per heavy atom. The Morgan fingerprint density at radius 2 is 2.21 bits per heavy atom. The molecule has 19 heavy (non-hydrogen) atoms. The second-order valence-electron chi connectivity index (χ2n) is 5.54. The topological polar surface area (TPSA) is 38.5 Å². The molecule has 0 spiro atoms. The van der Waals surface area contributed by atoms with Crippen molar-refractivity contribution in [1.29, 1.82) is 0 Å². The molecule has 1 aromatic rings. The van der Waals surface area contributed by atoms with Crippen LogP contribution in [0.15, 0.2) is 18.2 Å². The predicted octanol–water partition coefficient (Wildman–Crippen LogP) is 2.33. The number of halogens is 1. The molecule has 2 rings (SSSR count). The minimum absolute atomic E-state index is 0.140. The van der Waals surface area contributed by atoms with Crippen LogP contribution in [0.25, 0.3) is 0 Å². The van der Waals surface area contributed by atoms with E-state index in [2.05, 4.69) is 11.8 Å². The summed E-state index contributed by atoms with van der Waals surface area (Å²) in [7, 11) is 1.74. The zero-order valence-corrected chi connectivity index (χ0v) is 11.8. The molecule has 0 aliphatic carbocycles. The molecular weight excluding hydrogens is 243 g/mol. The Bertz CT molecular complexity index is 438. The highest BCUT2D eigenvalue weighted by atomic mass is 19.1. The number of piperidine rings is 1. The summed E-state index contributed by atoms with van der Waals surface area (Å²) in [6.07, 6.45) is 2.82. The molecule has 1 aliphatic heterocycles. The molecule has 106 valence electrons. The number of anilines is 1. The Balaban J connectivity index is 2.21. The number of nitrogens with two attached hydrogens (primary N) is 1. The van der Waals surface area contributed by atoms with Crippen molar-refractivity contribution in [3.05, 3.63) is 29.6 Å². The van der Waals surface area contributed by atoms with Crippen molar-refractivity contribution >= 4 is 5.69 Å². The van der Waals surface area contributed by atoms with Crippen molar-refractivity contribution in [2.24, 2.45) is 5.73 Å². The van der Waals surface area contributed by atoms with Crippen LogP contribution in [0.1, 0.15) is 25.3 Å². The summed E-state index contributed by atoms with van der Waals surface area (Å²) in [5, 5.41) is 0. The van der Waals surface area contributed by atoms with Crippen LogP contribution in [0, 0.1) is 5.82 Å². The van der Waals surface area contributed by atoms with E-state index in [0.29, 0.717) is 13.0 Å². The molecule has 1 atom stereocenters. The van der Waals surface area contributed by atoms with Gasteiger partial charge in [-0.05, 0) is 56.5 Å². The number of hydrogen-bond donors (Lipinski definition) is 1. The van der Waals surface area contributed by atoms with E-state index in [1.807, 2.05) is 6.07 Å². The average molecular weight is 266 g/mol. The number of benzene rings is 1. The molecular formula is C15H23FN2O. The van der Waals surface area contributed by atoms with Crippen LogP contribution in [0.5, 0.6) is 0 Å². The highest BCUT2D eigenvalue weighted by Crippen LogP contribution is 2.29. The number of ether oxygens (including phenoxy) is 1. The third-order valence-electron chi connectivity index (χ3n) is 3.89. The van der Waals surface area contributed by atoms with E-state index in [9.17, 15) is 4.39 Å². The van der Waals surface area contributed by atoms with Crippen LogP contribution in [-0.2, 0) is 11.2 Å². The van der Waals surface area contributed by atoms with Crippen LogP contribution in [-0.4, -0.2) is 32.3 Å². The van der Waals surface area contributed by atoms with Crippen molar-refractivity contribution in [2.75, 3.05) is 31.6 Å². The van der Waals surface area contributed by atoms with Gasteiger partial charge in [-0.15, -0.1) is 0 Å². The number of rotatable bonds is 4. The largest absolute Gasteiger partial charge is 0.377 e. The van der Waals surface area contributed by atoms with Gasteiger partial charge in [-0.2, -0.15) is 0 Å². The summed E-state index contributed by atoms with van der Waals surface area (Å²) >= 11 is 0. The summed E-state index contributed by atoms with van der Waals surface area (Å²) in [6.45, 7) is 4.40. The first-order valence-electron chi connectivity index (χ1n) is 6.86. The first-order valence-corrected chi connectivity index (χ1v) is 6.86. The van der Waals surface area contributed by atoms with Gasteiger partial charge < -0.3 is 15.4 Å². The normalized spacial score (nSPS) is 23.7. The molecule has 0 amide bonds. The van der Waals surface area contributed by atoms with Crippen LogP contribution < -0.4 is 10.6 Å². The van der Waals surface area contributed by atoms with E-state index in [0.717, 1.165) is 37.2 Å². The molecule has 1 unspecified atom stereocenters. The van der Waals surface area contributed by atoms with E-state index >= 15 is 0 Å². The quantitative estimate of drug-likeness (QED) is 0.909. The summed E-state index contributed by atoms with van der Waals surface area (Å²) in [5.41, 5.74) is 7.30. The maximum atomic E-state index is 13.7. The lowest BCUT2D eigenvalue weighted by Gasteiger charge is -2.40. The van der Waals surface area contributed by atoms with Gasteiger partial charge in [0.15, 0.2) is 0 Å². The first-order chi connectivity index (χ1) is 9.06. The molecule has 0 radical (unpaired) electrons. The summed E-state index contributed by atoms with van der Waals surface area (Å²) in [4.78, 5) is 2.20. The van der Waals surface area contributed by atoms with Gasteiger partial charge in [0.05, 0.1) is 5.60 Å². The standard InChI is InChI=1S/C15H23FN2O/c1-15(19-2)5-3-7-18(11-15)14-9-12(4-6-17)8-13(16)10-14/h8-10H,3-7,11,17H2,1-2H3. The monoisotopic (exact) mass is 266 g/mol. The van der Waals surface area contributed by atoms with Crippen LogP contribution in [0.3, 0.4) is 0 Å². The van der Waals surface area contributed by atoms with Gasteiger partial charge in [-0.25, -0.2) is 4.39 Å².